The average molecular weight is 349 g/mol. The van der Waals surface area contributed by atoms with Gasteiger partial charge in [0.15, 0.2) is 0 Å². The molecule has 2 aliphatic rings. The van der Waals surface area contributed by atoms with Crippen molar-refractivity contribution in [2.75, 3.05) is 58.9 Å². The molecular weight excluding hydrogens is 322 g/mol. The third-order valence-electron chi connectivity index (χ3n) is 4.66. The molecule has 0 aliphatic carbocycles. The molecule has 2 atom stereocenters. The van der Waals surface area contributed by atoms with Crippen LogP contribution in [0.2, 0.25) is 0 Å². The predicted octanol–water partition coefficient (Wildman–Crippen LogP) is 0.986. The minimum Gasteiger partial charge on any atom is -0.377 e. The summed E-state index contributed by atoms with van der Waals surface area (Å²) in [5, 5.41) is 11.5. The van der Waals surface area contributed by atoms with E-state index in [4.69, 9.17) is 9.47 Å². The Labute approximate surface area is 148 Å². The Morgan fingerprint density at radius 3 is 3.00 bits per heavy atom. The summed E-state index contributed by atoms with van der Waals surface area (Å²) >= 11 is 0. The maximum atomic E-state index is 12.3. The molecule has 8 heteroatoms. The van der Waals surface area contributed by atoms with Gasteiger partial charge in [0.1, 0.15) is 11.4 Å². The van der Waals surface area contributed by atoms with Crippen molar-refractivity contribution in [1.29, 1.82) is 0 Å². The molecule has 3 rings (SSSR count). The van der Waals surface area contributed by atoms with Crippen LogP contribution in [0.1, 0.15) is 12.1 Å². The number of anilines is 1. The Kier molecular flexibility index (Phi) is 5.39. The van der Waals surface area contributed by atoms with E-state index in [-0.39, 0.29) is 6.03 Å². The lowest BCUT2D eigenvalue weighted by atomic mass is 9.94. The zero-order chi connectivity index (χ0) is 17.9. The highest BCUT2D eigenvalue weighted by molar-refractivity contribution is 5.74. The van der Waals surface area contributed by atoms with Crippen molar-refractivity contribution in [2.24, 2.45) is 5.92 Å². The van der Waals surface area contributed by atoms with E-state index in [1.54, 1.807) is 19.0 Å². The fourth-order valence-electron chi connectivity index (χ4n) is 3.37. The van der Waals surface area contributed by atoms with E-state index >= 15 is 0 Å². The molecule has 1 aromatic heterocycles. The summed E-state index contributed by atoms with van der Waals surface area (Å²) in [4.78, 5) is 15.8. The molecule has 0 unspecified atom stereocenters. The van der Waals surface area contributed by atoms with E-state index in [0.717, 1.165) is 24.5 Å². The van der Waals surface area contributed by atoms with Gasteiger partial charge >= 0.3 is 6.03 Å². The highest BCUT2D eigenvalue weighted by Gasteiger charge is 2.44. The Morgan fingerprint density at radius 2 is 2.28 bits per heavy atom. The number of hydrogen-bond donors (Lipinski definition) is 1. The normalized spacial score (nSPS) is 26.5. The third-order valence-corrected chi connectivity index (χ3v) is 4.66. The molecule has 2 fully saturated rings. The summed E-state index contributed by atoms with van der Waals surface area (Å²) in [6.45, 7) is 5.59. The molecule has 2 amide bonds. The summed E-state index contributed by atoms with van der Waals surface area (Å²) in [6, 6.07) is 3.87. The smallest absolute Gasteiger partial charge is 0.319 e. The minimum atomic E-state index is -0.409. The Balaban J connectivity index is 1.57. The quantitative estimate of drug-likeness (QED) is 0.876. The third kappa shape index (κ3) is 4.38. The summed E-state index contributed by atoms with van der Waals surface area (Å²) in [7, 11) is 3.54. The van der Waals surface area contributed by atoms with Crippen LogP contribution < -0.4 is 5.32 Å². The number of rotatable bonds is 3. The van der Waals surface area contributed by atoms with Crippen LogP contribution in [-0.2, 0) is 9.47 Å². The largest absolute Gasteiger partial charge is 0.377 e. The number of amides is 2. The highest BCUT2D eigenvalue weighted by atomic mass is 16.5. The van der Waals surface area contributed by atoms with Crippen LogP contribution in [0.4, 0.5) is 10.6 Å². The van der Waals surface area contributed by atoms with Crippen LogP contribution in [0.5, 0.6) is 0 Å². The number of carbonyl (C=O) groups excluding carboxylic acids is 1. The van der Waals surface area contributed by atoms with Crippen LogP contribution in [0.25, 0.3) is 0 Å². The molecule has 138 valence electrons. The molecule has 2 aliphatic heterocycles. The number of urea groups is 1. The van der Waals surface area contributed by atoms with Gasteiger partial charge < -0.3 is 24.6 Å². The van der Waals surface area contributed by atoms with E-state index in [9.17, 15) is 4.79 Å². The summed E-state index contributed by atoms with van der Waals surface area (Å²) in [5.41, 5.74) is 0.489. The molecule has 0 saturated carbocycles. The van der Waals surface area contributed by atoms with Crippen LogP contribution >= 0.6 is 0 Å². The van der Waals surface area contributed by atoms with E-state index in [0.29, 0.717) is 38.8 Å². The molecule has 1 N–H and O–H groups in total. The Bertz CT molecular complexity index is 594. The van der Waals surface area contributed by atoms with Crippen molar-refractivity contribution >= 4 is 11.8 Å². The zero-order valence-corrected chi connectivity index (χ0v) is 15.2. The SMILES string of the molecule is Cc1ccc(NC[C@H]2CO[C@]3(COCCN(C(=O)N(C)C)C3)C2)nn1. The number of aromatic nitrogens is 2. The molecule has 0 radical (unpaired) electrons. The summed E-state index contributed by atoms with van der Waals surface area (Å²) < 4.78 is 11.9. The van der Waals surface area contributed by atoms with Crippen molar-refractivity contribution in [3.05, 3.63) is 17.8 Å². The molecule has 0 bridgehead atoms. The molecule has 0 aromatic carbocycles. The lowest BCUT2D eigenvalue weighted by Gasteiger charge is -2.32. The van der Waals surface area contributed by atoms with E-state index in [2.05, 4.69) is 15.5 Å². The first-order valence-corrected chi connectivity index (χ1v) is 8.70. The van der Waals surface area contributed by atoms with E-state index in [1.165, 1.54) is 0 Å². The molecule has 8 nitrogen and oxygen atoms in total. The van der Waals surface area contributed by atoms with Gasteiger partial charge in [0.2, 0.25) is 0 Å². The summed E-state index contributed by atoms with van der Waals surface area (Å²) in [6.07, 6.45) is 0.858. The second-order valence-corrected chi connectivity index (χ2v) is 7.16. The van der Waals surface area contributed by atoms with Crippen LogP contribution in [0.3, 0.4) is 0 Å². The average Bonchev–Trinajstić information content (AvgIpc) is 2.87. The highest BCUT2D eigenvalue weighted by Crippen LogP contribution is 2.33. The first-order chi connectivity index (χ1) is 12.0. The van der Waals surface area contributed by atoms with Crippen molar-refractivity contribution in [3.8, 4) is 0 Å². The van der Waals surface area contributed by atoms with Gasteiger partial charge in [-0.3, -0.25) is 0 Å². The van der Waals surface area contributed by atoms with Gasteiger partial charge in [-0.2, -0.15) is 5.10 Å². The number of carbonyl (C=O) groups is 1. The molecule has 2 saturated heterocycles. The first kappa shape index (κ1) is 17.9. The fourth-order valence-corrected chi connectivity index (χ4v) is 3.37. The van der Waals surface area contributed by atoms with E-state index in [1.807, 2.05) is 24.0 Å². The fraction of sp³-hybridized carbons (Fsp3) is 0.706. The van der Waals surface area contributed by atoms with Crippen molar-refractivity contribution in [1.82, 2.24) is 20.0 Å². The van der Waals surface area contributed by atoms with Crippen LogP contribution in [0, 0.1) is 12.8 Å². The molecule has 1 aromatic rings. The van der Waals surface area contributed by atoms with Crippen molar-refractivity contribution in [3.63, 3.8) is 0 Å². The molecule has 1 spiro atoms. The Morgan fingerprint density at radius 1 is 1.44 bits per heavy atom. The number of nitrogens with zero attached hydrogens (tertiary/aromatic N) is 4. The Hall–Kier alpha value is -1.93. The minimum absolute atomic E-state index is 0.00461. The first-order valence-electron chi connectivity index (χ1n) is 8.70. The van der Waals surface area contributed by atoms with Gasteiger partial charge in [0.05, 0.1) is 32.1 Å². The standard InChI is InChI=1S/C17H27N5O3/c1-13-4-5-15(20-19-13)18-9-14-8-17(25-10-14)11-22(6-7-24-12-17)16(23)21(2)3/h4-5,14H,6-12H2,1-3H3,(H,18,20)/t14-,17+/m0/s1. The van der Waals surface area contributed by atoms with Gasteiger partial charge in [-0.25, -0.2) is 4.79 Å². The number of ether oxygens (including phenoxy) is 2. The predicted molar refractivity (Wildman–Crippen MR) is 93.5 cm³/mol. The van der Waals surface area contributed by atoms with Gasteiger partial charge in [0.25, 0.3) is 0 Å². The maximum absolute atomic E-state index is 12.3. The lowest BCUT2D eigenvalue weighted by molar-refractivity contribution is -0.0535. The molecule has 3 heterocycles. The second kappa shape index (κ2) is 7.53. The molecule has 25 heavy (non-hydrogen) atoms. The number of nitrogens with one attached hydrogen (secondary N) is 1. The zero-order valence-electron chi connectivity index (χ0n) is 15.2. The lowest BCUT2D eigenvalue weighted by Crippen LogP contribution is -2.49. The van der Waals surface area contributed by atoms with Gasteiger partial charge in [-0.15, -0.1) is 5.10 Å². The van der Waals surface area contributed by atoms with E-state index < -0.39 is 5.60 Å². The number of aryl methyl sites for hydroxylation is 1. The monoisotopic (exact) mass is 349 g/mol. The van der Waals surface area contributed by atoms with Crippen LogP contribution in [0.15, 0.2) is 12.1 Å². The topological polar surface area (TPSA) is 79.8 Å². The second-order valence-electron chi connectivity index (χ2n) is 7.16. The van der Waals surface area contributed by atoms with Gasteiger partial charge in [-0.05, 0) is 25.5 Å². The maximum Gasteiger partial charge on any atom is 0.319 e. The number of hydrogen-bond acceptors (Lipinski definition) is 6. The van der Waals surface area contributed by atoms with Gasteiger partial charge in [0, 0.05) is 33.1 Å². The van der Waals surface area contributed by atoms with Crippen LogP contribution in [-0.4, -0.2) is 85.2 Å². The van der Waals surface area contributed by atoms with Crippen molar-refractivity contribution in [2.45, 2.75) is 18.9 Å². The molecular formula is C17H27N5O3. The van der Waals surface area contributed by atoms with Crippen molar-refractivity contribution < 1.29 is 14.3 Å². The van der Waals surface area contributed by atoms with Gasteiger partial charge in [-0.1, -0.05) is 0 Å². The summed E-state index contributed by atoms with van der Waals surface area (Å²) in [5.74, 6) is 1.12.